The zero-order chi connectivity index (χ0) is 20.1. The first-order valence-electron chi connectivity index (χ1n) is 10.1. The summed E-state index contributed by atoms with van der Waals surface area (Å²) in [6.07, 6.45) is 2.64. The van der Waals surface area contributed by atoms with Gasteiger partial charge in [0, 0.05) is 50.9 Å². The number of halogens is 1. The number of aromatic nitrogens is 2. The molecule has 2 heterocycles. The van der Waals surface area contributed by atoms with Crippen molar-refractivity contribution in [3.8, 4) is 11.3 Å². The van der Waals surface area contributed by atoms with E-state index in [4.69, 9.17) is 0 Å². The Kier molecular flexibility index (Phi) is 6.34. The maximum atomic E-state index is 13.2. The number of aliphatic hydroxyl groups excluding tert-OH is 1. The van der Waals surface area contributed by atoms with Gasteiger partial charge in [0.1, 0.15) is 5.82 Å². The van der Waals surface area contributed by atoms with Crippen molar-refractivity contribution in [3.63, 3.8) is 0 Å². The Morgan fingerprint density at radius 3 is 2.59 bits per heavy atom. The van der Waals surface area contributed by atoms with Gasteiger partial charge in [-0.2, -0.15) is 5.10 Å². The van der Waals surface area contributed by atoms with Gasteiger partial charge in [0.05, 0.1) is 11.9 Å². The van der Waals surface area contributed by atoms with Crippen LogP contribution in [0, 0.1) is 5.82 Å². The van der Waals surface area contributed by atoms with E-state index in [1.807, 2.05) is 36.5 Å². The monoisotopic (exact) mass is 394 g/mol. The van der Waals surface area contributed by atoms with Crippen molar-refractivity contribution in [1.82, 2.24) is 20.0 Å². The highest BCUT2D eigenvalue weighted by molar-refractivity contribution is 5.62. The number of aliphatic hydroxyl groups is 1. The molecule has 1 aliphatic rings. The van der Waals surface area contributed by atoms with E-state index in [-0.39, 0.29) is 18.5 Å². The molecule has 5 nitrogen and oxygen atoms in total. The molecule has 6 heteroatoms. The summed E-state index contributed by atoms with van der Waals surface area (Å²) < 4.78 is 13.2. The molecule has 0 radical (unpaired) electrons. The Bertz CT molecular complexity index is 897. The van der Waals surface area contributed by atoms with Crippen molar-refractivity contribution >= 4 is 0 Å². The third-order valence-electron chi connectivity index (χ3n) is 5.62. The maximum absolute atomic E-state index is 13.2. The Morgan fingerprint density at radius 2 is 1.83 bits per heavy atom. The molecule has 1 fully saturated rings. The van der Waals surface area contributed by atoms with Crippen molar-refractivity contribution in [3.05, 3.63) is 77.7 Å². The lowest BCUT2D eigenvalue weighted by atomic mass is 10.0. The number of rotatable bonds is 7. The molecule has 1 unspecified atom stereocenters. The number of aromatic amines is 1. The van der Waals surface area contributed by atoms with Crippen LogP contribution in [0.2, 0.25) is 0 Å². The average Bonchev–Trinajstić information content (AvgIpc) is 3.20. The van der Waals surface area contributed by atoms with Crippen LogP contribution in [0.1, 0.15) is 17.5 Å². The third kappa shape index (κ3) is 4.90. The van der Waals surface area contributed by atoms with E-state index in [1.165, 1.54) is 17.7 Å². The minimum absolute atomic E-state index is 0.166. The molecule has 1 saturated heterocycles. The van der Waals surface area contributed by atoms with Gasteiger partial charge in [0.25, 0.3) is 0 Å². The van der Waals surface area contributed by atoms with Gasteiger partial charge in [-0.3, -0.25) is 14.9 Å². The summed E-state index contributed by atoms with van der Waals surface area (Å²) in [6.45, 7) is 4.52. The van der Waals surface area contributed by atoms with Gasteiger partial charge < -0.3 is 5.11 Å². The topological polar surface area (TPSA) is 55.4 Å². The van der Waals surface area contributed by atoms with Gasteiger partial charge in [-0.05, 0) is 29.7 Å². The van der Waals surface area contributed by atoms with Gasteiger partial charge in [-0.25, -0.2) is 4.39 Å². The highest BCUT2D eigenvalue weighted by atomic mass is 19.1. The molecule has 152 valence electrons. The molecule has 0 bridgehead atoms. The Morgan fingerprint density at radius 1 is 1.03 bits per heavy atom. The van der Waals surface area contributed by atoms with Crippen LogP contribution in [0.3, 0.4) is 0 Å². The van der Waals surface area contributed by atoms with Crippen molar-refractivity contribution in [2.75, 3.05) is 26.2 Å². The second-order valence-corrected chi connectivity index (χ2v) is 7.63. The first-order chi connectivity index (χ1) is 14.2. The van der Waals surface area contributed by atoms with E-state index in [9.17, 15) is 9.50 Å². The molecule has 4 rings (SSSR count). The number of benzene rings is 2. The van der Waals surface area contributed by atoms with Crippen LogP contribution in [0.5, 0.6) is 0 Å². The third-order valence-corrected chi connectivity index (χ3v) is 5.62. The minimum atomic E-state index is -0.209. The standard InChI is InChI=1S/C23H27FN4O/c24-21-8-6-18(7-9-21)15-28-12-11-27(17-22(28)10-13-29)16-20-14-25-26-23(20)19-4-2-1-3-5-19/h1-9,14,22,29H,10-13,15-17H2,(H,25,26). The Hall–Kier alpha value is -2.54. The van der Waals surface area contributed by atoms with E-state index < -0.39 is 0 Å². The highest BCUT2D eigenvalue weighted by Crippen LogP contribution is 2.24. The van der Waals surface area contributed by atoms with E-state index in [0.29, 0.717) is 0 Å². The van der Waals surface area contributed by atoms with Gasteiger partial charge in [-0.15, -0.1) is 0 Å². The van der Waals surface area contributed by atoms with Gasteiger partial charge in [-0.1, -0.05) is 42.5 Å². The summed E-state index contributed by atoms with van der Waals surface area (Å²) in [5, 5.41) is 17.0. The summed E-state index contributed by atoms with van der Waals surface area (Å²) >= 11 is 0. The van der Waals surface area contributed by atoms with Crippen LogP contribution < -0.4 is 0 Å². The van der Waals surface area contributed by atoms with Crippen molar-refractivity contribution in [1.29, 1.82) is 0 Å². The lowest BCUT2D eigenvalue weighted by Crippen LogP contribution is -2.52. The maximum Gasteiger partial charge on any atom is 0.123 e. The van der Waals surface area contributed by atoms with Gasteiger partial charge in [0.15, 0.2) is 0 Å². The van der Waals surface area contributed by atoms with Crippen LogP contribution in [0.4, 0.5) is 4.39 Å². The fourth-order valence-electron chi connectivity index (χ4n) is 4.08. The van der Waals surface area contributed by atoms with Crippen LogP contribution in [-0.2, 0) is 13.1 Å². The van der Waals surface area contributed by atoms with Crippen molar-refractivity contribution < 1.29 is 9.50 Å². The van der Waals surface area contributed by atoms with Crippen molar-refractivity contribution in [2.24, 2.45) is 0 Å². The molecule has 1 aliphatic heterocycles. The van der Waals surface area contributed by atoms with Gasteiger partial charge >= 0.3 is 0 Å². The smallest absolute Gasteiger partial charge is 0.123 e. The molecule has 1 aromatic heterocycles. The molecule has 2 aromatic carbocycles. The zero-order valence-corrected chi connectivity index (χ0v) is 16.5. The fourth-order valence-corrected chi connectivity index (χ4v) is 4.08. The number of H-pyrrole nitrogens is 1. The van der Waals surface area contributed by atoms with Crippen LogP contribution in [0.15, 0.2) is 60.8 Å². The molecular weight excluding hydrogens is 367 g/mol. The van der Waals surface area contributed by atoms with E-state index in [0.717, 1.165) is 56.0 Å². The lowest BCUT2D eigenvalue weighted by molar-refractivity contribution is 0.0500. The van der Waals surface area contributed by atoms with Crippen LogP contribution >= 0.6 is 0 Å². The number of hydrogen-bond donors (Lipinski definition) is 2. The summed E-state index contributed by atoms with van der Waals surface area (Å²) in [4.78, 5) is 4.83. The first-order valence-corrected chi connectivity index (χ1v) is 10.1. The normalized spacial score (nSPS) is 18.2. The molecule has 3 aromatic rings. The SMILES string of the molecule is OCCC1CN(Cc2cn[nH]c2-c2ccccc2)CCN1Cc1ccc(F)cc1. The minimum Gasteiger partial charge on any atom is -0.396 e. The predicted octanol–water partition coefficient (Wildman–Crippen LogP) is 3.28. The van der Waals surface area contributed by atoms with Crippen molar-refractivity contribution in [2.45, 2.75) is 25.6 Å². The van der Waals surface area contributed by atoms with Crippen LogP contribution in [0.25, 0.3) is 11.3 Å². The number of nitrogens with zero attached hydrogens (tertiary/aromatic N) is 3. The summed E-state index contributed by atoms with van der Waals surface area (Å²) in [5.74, 6) is -0.209. The first kappa shape index (κ1) is 19.8. The van der Waals surface area contributed by atoms with E-state index in [2.05, 4.69) is 32.1 Å². The molecular formula is C23H27FN4O. The lowest BCUT2D eigenvalue weighted by Gasteiger charge is -2.41. The highest BCUT2D eigenvalue weighted by Gasteiger charge is 2.27. The summed E-state index contributed by atoms with van der Waals surface area (Å²) in [7, 11) is 0. The van der Waals surface area contributed by atoms with Crippen LogP contribution in [-0.4, -0.2) is 57.4 Å². The average molecular weight is 394 g/mol. The largest absolute Gasteiger partial charge is 0.396 e. The molecule has 0 aliphatic carbocycles. The second kappa shape index (κ2) is 9.31. The molecule has 29 heavy (non-hydrogen) atoms. The zero-order valence-electron chi connectivity index (χ0n) is 16.5. The molecule has 0 saturated carbocycles. The fraction of sp³-hybridized carbons (Fsp3) is 0.348. The molecule has 0 spiro atoms. The second-order valence-electron chi connectivity index (χ2n) is 7.63. The number of hydrogen-bond acceptors (Lipinski definition) is 4. The number of piperazine rings is 1. The quantitative estimate of drug-likeness (QED) is 0.646. The number of nitrogens with one attached hydrogen (secondary N) is 1. The predicted molar refractivity (Wildman–Crippen MR) is 112 cm³/mol. The molecule has 2 N–H and O–H groups in total. The van der Waals surface area contributed by atoms with Gasteiger partial charge in [0.2, 0.25) is 0 Å². The Labute approximate surface area is 170 Å². The Balaban J connectivity index is 1.42. The molecule has 1 atom stereocenters. The summed E-state index contributed by atoms with van der Waals surface area (Å²) in [6, 6.07) is 17.2. The van der Waals surface area contributed by atoms with E-state index >= 15 is 0 Å². The van der Waals surface area contributed by atoms with E-state index in [1.54, 1.807) is 0 Å². The summed E-state index contributed by atoms with van der Waals surface area (Å²) in [5.41, 5.74) is 4.50. The molecule has 0 amide bonds.